The Morgan fingerprint density at radius 3 is 2.82 bits per heavy atom. The molecule has 0 aromatic heterocycles. The minimum absolute atomic E-state index is 0.0691. The third-order valence-corrected chi connectivity index (χ3v) is 4.67. The van der Waals surface area contributed by atoms with Gasteiger partial charge in [-0.15, -0.1) is 0 Å². The predicted molar refractivity (Wildman–Crippen MR) is 73.4 cm³/mol. The molecular formula is C13H25NO2S. The van der Waals surface area contributed by atoms with Gasteiger partial charge in [0.1, 0.15) is 5.54 Å². The van der Waals surface area contributed by atoms with Crippen LogP contribution in [0, 0.1) is 5.92 Å². The first-order chi connectivity index (χ1) is 8.03. The van der Waals surface area contributed by atoms with Crippen molar-refractivity contribution in [2.24, 2.45) is 5.92 Å². The van der Waals surface area contributed by atoms with Crippen LogP contribution in [0.2, 0.25) is 0 Å². The molecule has 2 unspecified atom stereocenters. The Morgan fingerprint density at radius 2 is 2.29 bits per heavy atom. The predicted octanol–water partition coefficient (Wildman–Crippen LogP) is 2.45. The van der Waals surface area contributed by atoms with Gasteiger partial charge in [-0.3, -0.25) is 4.79 Å². The summed E-state index contributed by atoms with van der Waals surface area (Å²) >= 11 is 1.87. The summed E-state index contributed by atoms with van der Waals surface area (Å²) in [7, 11) is 0. The topological polar surface area (TPSA) is 38.3 Å². The number of nitrogens with one attached hydrogen (secondary N) is 1. The number of thioether (sulfide) groups is 1. The van der Waals surface area contributed by atoms with Gasteiger partial charge in [-0.05, 0) is 38.0 Å². The molecule has 0 aromatic rings. The Hall–Kier alpha value is -0.220. The molecule has 1 saturated heterocycles. The maximum Gasteiger partial charge on any atom is 0.327 e. The SMILES string of the molecule is CCOC(=O)C1(NCC(C)C)CCCSC1C. The van der Waals surface area contributed by atoms with E-state index in [0.717, 1.165) is 25.1 Å². The van der Waals surface area contributed by atoms with E-state index in [2.05, 4.69) is 26.1 Å². The summed E-state index contributed by atoms with van der Waals surface area (Å²) in [6.07, 6.45) is 1.98. The molecule has 0 amide bonds. The highest BCUT2D eigenvalue weighted by Crippen LogP contribution is 2.35. The zero-order valence-corrected chi connectivity index (χ0v) is 12.2. The van der Waals surface area contributed by atoms with Crippen LogP contribution in [0.5, 0.6) is 0 Å². The van der Waals surface area contributed by atoms with Crippen molar-refractivity contribution in [3.63, 3.8) is 0 Å². The van der Waals surface area contributed by atoms with E-state index in [1.54, 1.807) is 0 Å². The van der Waals surface area contributed by atoms with Gasteiger partial charge in [-0.2, -0.15) is 11.8 Å². The highest BCUT2D eigenvalue weighted by atomic mass is 32.2. The van der Waals surface area contributed by atoms with Gasteiger partial charge in [-0.25, -0.2) is 0 Å². The number of rotatable bonds is 5. The quantitative estimate of drug-likeness (QED) is 0.770. The maximum absolute atomic E-state index is 12.2. The summed E-state index contributed by atoms with van der Waals surface area (Å²) in [5.74, 6) is 1.62. The number of esters is 1. The van der Waals surface area contributed by atoms with Gasteiger partial charge in [0.05, 0.1) is 6.61 Å². The van der Waals surface area contributed by atoms with E-state index in [4.69, 9.17) is 4.74 Å². The van der Waals surface area contributed by atoms with Crippen LogP contribution in [0.1, 0.15) is 40.5 Å². The molecule has 100 valence electrons. The summed E-state index contributed by atoms with van der Waals surface area (Å²) < 4.78 is 5.27. The van der Waals surface area contributed by atoms with Crippen LogP contribution in [0.4, 0.5) is 0 Å². The van der Waals surface area contributed by atoms with Gasteiger partial charge >= 0.3 is 5.97 Å². The fraction of sp³-hybridized carbons (Fsp3) is 0.923. The second kappa shape index (κ2) is 6.64. The monoisotopic (exact) mass is 259 g/mol. The first-order valence-corrected chi connectivity index (χ1v) is 7.61. The van der Waals surface area contributed by atoms with Crippen molar-refractivity contribution in [3.8, 4) is 0 Å². The van der Waals surface area contributed by atoms with Gasteiger partial charge in [0.15, 0.2) is 0 Å². The Labute approximate surface area is 109 Å². The van der Waals surface area contributed by atoms with E-state index in [-0.39, 0.29) is 11.2 Å². The molecule has 1 aliphatic rings. The zero-order chi connectivity index (χ0) is 12.9. The van der Waals surface area contributed by atoms with E-state index < -0.39 is 5.54 Å². The number of ether oxygens (including phenoxy) is 1. The summed E-state index contributed by atoms with van der Waals surface area (Å²) in [4.78, 5) is 12.2. The van der Waals surface area contributed by atoms with Crippen LogP contribution in [0.25, 0.3) is 0 Å². The van der Waals surface area contributed by atoms with Crippen LogP contribution in [0.3, 0.4) is 0 Å². The molecule has 0 saturated carbocycles. The van der Waals surface area contributed by atoms with Crippen molar-refractivity contribution in [3.05, 3.63) is 0 Å². The van der Waals surface area contributed by atoms with Crippen LogP contribution in [-0.2, 0) is 9.53 Å². The average Bonchev–Trinajstić information content (AvgIpc) is 2.28. The van der Waals surface area contributed by atoms with Crippen molar-refractivity contribution >= 4 is 17.7 Å². The van der Waals surface area contributed by atoms with Crippen molar-refractivity contribution in [2.75, 3.05) is 18.9 Å². The summed E-state index contributed by atoms with van der Waals surface area (Å²) in [5, 5.41) is 3.76. The smallest absolute Gasteiger partial charge is 0.327 e. The molecule has 1 N–H and O–H groups in total. The minimum Gasteiger partial charge on any atom is -0.465 e. The molecule has 1 heterocycles. The molecule has 0 aromatic carbocycles. The lowest BCUT2D eigenvalue weighted by Gasteiger charge is -2.41. The lowest BCUT2D eigenvalue weighted by molar-refractivity contribution is -0.151. The molecule has 0 spiro atoms. The van der Waals surface area contributed by atoms with Crippen molar-refractivity contribution < 1.29 is 9.53 Å². The van der Waals surface area contributed by atoms with E-state index >= 15 is 0 Å². The van der Waals surface area contributed by atoms with Crippen LogP contribution < -0.4 is 5.32 Å². The molecular weight excluding hydrogens is 234 g/mol. The lowest BCUT2D eigenvalue weighted by Crippen LogP contribution is -2.61. The van der Waals surface area contributed by atoms with E-state index in [9.17, 15) is 4.79 Å². The van der Waals surface area contributed by atoms with E-state index in [1.807, 2.05) is 18.7 Å². The second-order valence-electron chi connectivity index (χ2n) is 5.08. The first kappa shape index (κ1) is 14.8. The molecule has 0 bridgehead atoms. The fourth-order valence-electron chi connectivity index (χ4n) is 2.18. The molecule has 4 heteroatoms. The fourth-order valence-corrected chi connectivity index (χ4v) is 3.42. The molecule has 1 rings (SSSR count). The van der Waals surface area contributed by atoms with Crippen molar-refractivity contribution in [2.45, 2.75) is 51.3 Å². The third-order valence-electron chi connectivity index (χ3n) is 3.24. The molecule has 0 aliphatic carbocycles. The Kier molecular flexibility index (Phi) is 5.80. The highest BCUT2D eigenvalue weighted by Gasteiger charge is 2.46. The normalized spacial score (nSPS) is 29.4. The van der Waals surface area contributed by atoms with Gasteiger partial charge in [0.2, 0.25) is 0 Å². The number of carbonyl (C=O) groups is 1. The molecule has 0 radical (unpaired) electrons. The summed E-state index contributed by atoms with van der Waals surface area (Å²) in [6.45, 7) is 9.65. The average molecular weight is 259 g/mol. The van der Waals surface area contributed by atoms with Crippen molar-refractivity contribution in [1.82, 2.24) is 5.32 Å². The molecule has 1 fully saturated rings. The lowest BCUT2D eigenvalue weighted by atomic mass is 9.89. The van der Waals surface area contributed by atoms with E-state index in [0.29, 0.717) is 12.5 Å². The highest BCUT2D eigenvalue weighted by molar-refractivity contribution is 8.00. The van der Waals surface area contributed by atoms with Gasteiger partial charge in [-0.1, -0.05) is 20.8 Å². The zero-order valence-electron chi connectivity index (χ0n) is 11.4. The number of hydrogen-bond acceptors (Lipinski definition) is 4. The Bertz CT molecular complexity index is 258. The molecule has 2 atom stereocenters. The minimum atomic E-state index is -0.469. The van der Waals surface area contributed by atoms with Crippen LogP contribution in [0.15, 0.2) is 0 Å². The second-order valence-corrected chi connectivity index (χ2v) is 6.53. The molecule has 17 heavy (non-hydrogen) atoms. The summed E-state index contributed by atoms with van der Waals surface area (Å²) in [6, 6.07) is 0. The Balaban J connectivity index is 2.78. The van der Waals surface area contributed by atoms with Gasteiger partial charge < -0.3 is 10.1 Å². The van der Waals surface area contributed by atoms with Crippen LogP contribution >= 0.6 is 11.8 Å². The number of carbonyl (C=O) groups excluding carboxylic acids is 1. The molecule has 3 nitrogen and oxygen atoms in total. The third kappa shape index (κ3) is 3.62. The van der Waals surface area contributed by atoms with Crippen LogP contribution in [-0.4, -0.2) is 35.7 Å². The van der Waals surface area contributed by atoms with E-state index in [1.165, 1.54) is 0 Å². The maximum atomic E-state index is 12.2. The molecule has 1 aliphatic heterocycles. The van der Waals surface area contributed by atoms with Crippen molar-refractivity contribution in [1.29, 1.82) is 0 Å². The largest absolute Gasteiger partial charge is 0.465 e. The van der Waals surface area contributed by atoms with Gasteiger partial charge in [0.25, 0.3) is 0 Å². The standard InChI is InChI=1S/C13H25NO2S/c1-5-16-12(15)13(14-9-10(2)3)7-6-8-17-11(13)4/h10-11,14H,5-9H2,1-4H3. The van der Waals surface area contributed by atoms with Gasteiger partial charge in [0, 0.05) is 5.25 Å². The summed E-state index contributed by atoms with van der Waals surface area (Å²) in [5.41, 5.74) is -0.469. The number of hydrogen-bond donors (Lipinski definition) is 1. The first-order valence-electron chi connectivity index (χ1n) is 6.56. The Morgan fingerprint density at radius 1 is 1.59 bits per heavy atom.